The van der Waals surface area contributed by atoms with E-state index in [0.29, 0.717) is 31.1 Å². The summed E-state index contributed by atoms with van der Waals surface area (Å²) in [6.45, 7) is 1.06. The van der Waals surface area contributed by atoms with E-state index in [4.69, 9.17) is 9.47 Å². The molecule has 0 atom stereocenters. The number of nitrogens with zero attached hydrogens (tertiary/aromatic N) is 2. The van der Waals surface area contributed by atoms with Gasteiger partial charge in [-0.05, 0) is 36.2 Å². The van der Waals surface area contributed by atoms with Gasteiger partial charge < -0.3 is 9.47 Å². The van der Waals surface area contributed by atoms with Crippen LogP contribution in [-0.2, 0) is 21.2 Å². The third-order valence-corrected chi connectivity index (χ3v) is 5.93. The van der Waals surface area contributed by atoms with E-state index in [0.717, 1.165) is 5.56 Å². The monoisotopic (exact) mass is 378 g/mol. The Morgan fingerprint density at radius 3 is 2.54 bits per heavy atom. The minimum Gasteiger partial charge on any atom is -0.491 e. The molecule has 0 radical (unpaired) electrons. The number of sulfonamides is 1. The highest BCUT2D eigenvalue weighted by atomic mass is 32.2. The van der Waals surface area contributed by atoms with E-state index in [2.05, 4.69) is 0 Å². The maximum Gasteiger partial charge on any atom is 0.271 e. The van der Waals surface area contributed by atoms with Crippen molar-refractivity contribution in [1.29, 1.82) is 0 Å². The minimum atomic E-state index is -3.81. The van der Waals surface area contributed by atoms with Crippen LogP contribution in [0, 0.1) is 10.1 Å². The summed E-state index contributed by atoms with van der Waals surface area (Å²) in [5, 5.41) is 11.0. The summed E-state index contributed by atoms with van der Waals surface area (Å²) in [6, 6.07) is 10.4. The Morgan fingerprint density at radius 2 is 1.88 bits per heavy atom. The number of nitro benzene ring substituents is 1. The molecule has 0 spiro atoms. The molecule has 8 nitrogen and oxygen atoms in total. The average molecular weight is 378 g/mol. The van der Waals surface area contributed by atoms with Gasteiger partial charge in [0.25, 0.3) is 15.7 Å². The normalized spacial score (nSPS) is 13.5. The standard InChI is InChI=1S/C17H18N2O6S/c1-24-10-11-25-15-4-6-16(7-5-15)26(22,23)18-9-8-13-2-3-14(19(20)21)12-17(13)18/h2-7,12H,8-11H2,1H3. The molecule has 2 aromatic rings. The van der Waals surface area contributed by atoms with Crippen molar-refractivity contribution in [2.75, 3.05) is 31.2 Å². The fourth-order valence-corrected chi connectivity index (χ4v) is 4.27. The lowest BCUT2D eigenvalue weighted by atomic mass is 10.1. The first kappa shape index (κ1) is 18.2. The van der Waals surface area contributed by atoms with Crippen molar-refractivity contribution in [2.24, 2.45) is 0 Å². The van der Waals surface area contributed by atoms with E-state index in [1.165, 1.54) is 28.6 Å². The molecule has 3 rings (SSSR count). The molecule has 9 heteroatoms. The summed E-state index contributed by atoms with van der Waals surface area (Å²) in [5.41, 5.74) is 1.01. The Bertz CT molecular complexity index is 911. The number of hydrogen-bond donors (Lipinski definition) is 0. The molecule has 1 aliphatic rings. The first-order chi connectivity index (χ1) is 12.4. The highest BCUT2D eigenvalue weighted by Crippen LogP contribution is 2.35. The number of hydrogen-bond acceptors (Lipinski definition) is 6. The summed E-state index contributed by atoms with van der Waals surface area (Å²) in [4.78, 5) is 10.6. The van der Waals surface area contributed by atoms with Crippen LogP contribution < -0.4 is 9.04 Å². The first-order valence-corrected chi connectivity index (χ1v) is 9.39. The molecule has 2 aromatic carbocycles. The smallest absolute Gasteiger partial charge is 0.271 e. The van der Waals surface area contributed by atoms with Crippen LogP contribution >= 0.6 is 0 Å². The second kappa shape index (κ2) is 7.30. The number of non-ortho nitro benzene ring substituents is 1. The molecule has 0 aliphatic carbocycles. The van der Waals surface area contributed by atoms with Crippen molar-refractivity contribution in [3.05, 3.63) is 58.1 Å². The summed E-state index contributed by atoms with van der Waals surface area (Å²) in [5.74, 6) is 0.540. The number of anilines is 1. The third kappa shape index (κ3) is 3.49. The number of rotatable bonds is 7. The van der Waals surface area contributed by atoms with Crippen LogP contribution in [0.15, 0.2) is 47.4 Å². The molecule has 138 valence electrons. The van der Waals surface area contributed by atoms with Gasteiger partial charge in [-0.15, -0.1) is 0 Å². The van der Waals surface area contributed by atoms with Gasteiger partial charge in [0.05, 0.1) is 22.1 Å². The molecule has 1 aliphatic heterocycles. The largest absolute Gasteiger partial charge is 0.491 e. The molecular weight excluding hydrogens is 360 g/mol. The van der Waals surface area contributed by atoms with Gasteiger partial charge in [0.15, 0.2) is 0 Å². The molecule has 0 fully saturated rings. The van der Waals surface area contributed by atoms with Gasteiger partial charge in [-0.2, -0.15) is 0 Å². The van der Waals surface area contributed by atoms with Crippen molar-refractivity contribution in [1.82, 2.24) is 0 Å². The van der Waals surface area contributed by atoms with Crippen LogP contribution in [0.25, 0.3) is 0 Å². The van der Waals surface area contributed by atoms with E-state index < -0.39 is 14.9 Å². The lowest BCUT2D eigenvalue weighted by molar-refractivity contribution is -0.384. The van der Waals surface area contributed by atoms with Crippen LogP contribution in [0.4, 0.5) is 11.4 Å². The maximum absolute atomic E-state index is 12.9. The van der Waals surface area contributed by atoms with E-state index in [1.54, 1.807) is 25.3 Å². The predicted octanol–water partition coefficient (Wildman–Crippen LogP) is 2.37. The Morgan fingerprint density at radius 1 is 1.15 bits per heavy atom. The van der Waals surface area contributed by atoms with E-state index >= 15 is 0 Å². The van der Waals surface area contributed by atoms with Gasteiger partial charge in [0.2, 0.25) is 0 Å². The fourth-order valence-electron chi connectivity index (χ4n) is 2.78. The fraction of sp³-hybridized carbons (Fsp3) is 0.294. The molecule has 0 saturated carbocycles. The number of nitro groups is 1. The molecular formula is C17H18N2O6S. The molecule has 0 unspecified atom stereocenters. The van der Waals surface area contributed by atoms with Crippen molar-refractivity contribution in [3.8, 4) is 5.75 Å². The number of benzene rings is 2. The van der Waals surface area contributed by atoms with Crippen molar-refractivity contribution >= 4 is 21.4 Å². The highest BCUT2D eigenvalue weighted by Gasteiger charge is 2.32. The Balaban J connectivity index is 1.86. The minimum absolute atomic E-state index is 0.107. The zero-order valence-corrected chi connectivity index (χ0v) is 14.9. The van der Waals surface area contributed by atoms with Crippen LogP contribution in [0.2, 0.25) is 0 Å². The first-order valence-electron chi connectivity index (χ1n) is 7.95. The van der Waals surface area contributed by atoms with Crippen molar-refractivity contribution in [3.63, 3.8) is 0 Å². The zero-order valence-electron chi connectivity index (χ0n) is 14.1. The van der Waals surface area contributed by atoms with Crippen LogP contribution in [0.5, 0.6) is 5.75 Å². The van der Waals surface area contributed by atoms with E-state index in [1.807, 2.05) is 0 Å². The van der Waals surface area contributed by atoms with Gasteiger partial charge in [0.1, 0.15) is 12.4 Å². The van der Waals surface area contributed by atoms with E-state index in [9.17, 15) is 18.5 Å². The maximum atomic E-state index is 12.9. The second-order valence-electron chi connectivity index (χ2n) is 5.71. The molecule has 1 heterocycles. The average Bonchev–Trinajstić information content (AvgIpc) is 3.06. The SMILES string of the molecule is COCCOc1ccc(S(=O)(=O)N2CCc3ccc([N+](=O)[O-])cc32)cc1. The summed E-state index contributed by atoms with van der Waals surface area (Å²) in [6.07, 6.45) is 0.519. The summed E-state index contributed by atoms with van der Waals surface area (Å²) < 4.78 is 37.4. The van der Waals surface area contributed by atoms with Gasteiger partial charge in [-0.25, -0.2) is 8.42 Å². The Hall–Kier alpha value is -2.65. The van der Waals surface area contributed by atoms with Gasteiger partial charge in [0, 0.05) is 25.8 Å². The lowest BCUT2D eigenvalue weighted by Gasteiger charge is -2.19. The summed E-state index contributed by atoms with van der Waals surface area (Å²) in [7, 11) is -2.24. The van der Waals surface area contributed by atoms with Crippen LogP contribution in [-0.4, -0.2) is 40.2 Å². The van der Waals surface area contributed by atoms with Gasteiger partial charge >= 0.3 is 0 Å². The van der Waals surface area contributed by atoms with Gasteiger partial charge in [-0.1, -0.05) is 6.07 Å². The molecule has 0 N–H and O–H groups in total. The second-order valence-corrected chi connectivity index (χ2v) is 7.57. The summed E-state index contributed by atoms with van der Waals surface area (Å²) >= 11 is 0. The molecule has 0 saturated heterocycles. The van der Waals surface area contributed by atoms with Crippen LogP contribution in [0.1, 0.15) is 5.56 Å². The number of methoxy groups -OCH3 is 1. The Kier molecular flexibility index (Phi) is 5.10. The Labute approximate surface area is 151 Å². The van der Waals surface area contributed by atoms with Crippen LogP contribution in [0.3, 0.4) is 0 Å². The predicted molar refractivity (Wildman–Crippen MR) is 95.1 cm³/mol. The van der Waals surface area contributed by atoms with Crippen molar-refractivity contribution in [2.45, 2.75) is 11.3 Å². The molecule has 0 amide bonds. The quantitative estimate of drug-likeness (QED) is 0.417. The van der Waals surface area contributed by atoms with Crippen molar-refractivity contribution < 1.29 is 22.8 Å². The topological polar surface area (TPSA) is 99.0 Å². The third-order valence-electron chi connectivity index (χ3n) is 4.10. The zero-order chi connectivity index (χ0) is 18.7. The number of ether oxygens (including phenoxy) is 2. The molecule has 0 aromatic heterocycles. The number of fused-ring (bicyclic) bond motifs is 1. The highest BCUT2D eigenvalue weighted by molar-refractivity contribution is 7.92. The molecule has 26 heavy (non-hydrogen) atoms. The molecule has 0 bridgehead atoms. The van der Waals surface area contributed by atoms with Gasteiger partial charge in [-0.3, -0.25) is 14.4 Å². The van der Waals surface area contributed by atoms with E-state index in [-0.39, 0.29) is 17.1 Å². The lowest BCUT2D eigenvalue weighted by Crippen LogP contribution is -2.29.